The summed E-state index contributed by atoms with van der Waals surface area (Å²) in [6, 6.07) is 0. The first-order valence-electron chi connectivity index (χ1n) is 18.3. The number of ether oxygens (including phenoxy) is 6. The Hall–Kier alpha value is -4.16. The standard InChI is InChI=1S/C38H60NO15Si/c1-12-50-55(51-13-2,52-14-3)32-16-15-19-39(32,20-17-33(40)53-30(22-46-35(42)26(4)5)23-47-36(43)27(6)7)21-18-34(41)54-31(24-48-37(44)28(8)9)25-49-38(45)29(10)11/h30-32H,4,6,8,10,12-25H2,1-3,5,7,9,11H3/q+1. The number of quaternary nitrogens is 1. The fraction of sp³-hybridized carbons (Fsp3) is 0.632. The average Bonchev–Trinajstić information content (AvgIpc) is 3.56. The Morgan fingerprint density at radius 2 is 0.891 bits per heavy atom. The third-order valence-corrected chi connectivity index (χ3v) is 12.0. The van der Waals surface area contributed by atoms with Gasteiger partial charge in [-0.05, 0) is 48.5 Å². The van der Waals surface area contributed by atoms with Crippen molar-refractivity contribution >= 4 is 44.6 Å². The van der Waals surface area contributed by atoms with Crippen molar-refractivity contribution in [3.63, 3.8) is 0 Å². The zero-order valence-corrected chi connectivity index (χ0v) is 34.5. The Morgan fingerprint density at radius 3 is 1.16 bits per heavy atom. The summed E-state index contributed by atoms with van der Waals surface area (Å²) < 4.78 is 51.2. The summed E-state index contributed by atoms with van der Waals surface area (Å²) in [4.78, 5) is 75.3. The van der Waals surface area contributed by atoms with Crippen molar-refractivity contribution in [3.8, 4) is 0 Å². The van der Waals surface area contributed by atoms with Crippen molar-refractivity contribution < 1.29 is 74.9 Å². The molecule has 17 heteroatoms. The number of hydrogen-bond acceptors (Lipinski definition) is 15. The Kier molecular flexibility index (Phi) is 21.6. The summed E-state index contributed by atoms with van der Waals surface area (Å²) >= 11 is 0. The van der Waals surface area contributed by atoms with Gasteiger partial charge in [0.15, 0.2) is 17.9 Å². The molecule has 1 aliphatic heterocycles. The number of carbonyl (C=O) groups is 6. The summed E-state index contributed by atoms with van der Waals surface area (Å²) in [5.74, 6) is -4.20. The summed E-state index contributed by atoms with van der Waals surface area (Å²) in [5.41, 5.74) is 0.150. The molecule has 1 fully saturated rings. The molecular weight excluding hydrogens is 738 g/mol. The van der Waals surface area contributed by atoms with Crippen molar-refractivity contribution in [2.24, 2.45) is 0 Å². The number of esters is 6. The van der Waals surface area contributed by atoms with Crippen molar-refractivity contribution in [1.82, 2.24) is 0 Å². The molecule has 55 heavy (non-hydrogen) atoms. The van der Waals surface area contributed by atoms with Gasteiger partial charge in [-0.25, -0.2) is 19.2 Å². The Balaban J connectivity index is 3.38. The maximum Gasteiger partial charge on any atom is 0.562 e. The lowest BCUT2D eigenvalue weighted by molar-refractivity contribution is -0.930. The van der Waals surface area contributed by atoms with Crippen LogP contribution in [-0.4, -0.2) is 133 Å². The monoisotopic (exact) mass is 798 g/mol. The molecular formula is C38H60NO15Si+. The van der Waals surface area contributed by atoms with E-state index in [1.165, 1.54) is 27.7 Å². The molecule has 1 heterocycles. The largest absolute Gasteiger partial charge is 0.562 e. The van der Waals surface area contributed by atoms with Crippen LogP contribution in [0.3, 0.4) is 0 Å². The summed E-state index contributed by atoms with van der Waals surface area (Å²) in [6.07, 6.45) is -1.26. The molecule has 0 aliphatic carbocycles. The number of rotatable bonds is 27. The van der Waals surface area contributed by atoms with E-state index in [1.54, 1.807) is 0 Å². The third kappa shape index (κ3) is 16.6. The van der Waals surface area contributed by atoms with E-state index < -0.39 is 83.3 Å². The zero-order chi connectivity index (χ0) is 41.8. The molecule has 0 spiro atoms. The van der Waals surface area contributed by atoms with E-state index in [2.05, 4.69) is 26.3 Å². The summed E-state index contributed by atoms with van der Waals surface area (Å²) in [6.45, 7) is 25.7. The Labute approximate surface area is 325 Å². The van der Waals surface area contributed by atoms with Crippen molar-refractivity contribution in [2.45, 2.75) is 92.0 Å². The van der Waals surface area contributed by atoms with Crippen LogP contribution in [0.1, 0.15) is 74.1 Å². The van der Waals surface area contributed by atoms with Crippen molar-refractivity contribution in [3.05, 3.63) is 48.6 Å². The number of nitrogens with zero attached hydrogens (tertiary/aromatic N) is 1. The van der Waals surface area contributed by atoms with Gasteiger partial charge in [0.1, 0.15) is 26.4 Å². The lowest BCUT2D eigenvalue weighted by atomic mass is 10.2. The minimum atomic E-state index is -3.45. The normalized spacial score (nSPS) is 14.8. The van der Waals surface area contributed by atoms with Crippen LogP contribution in [-0.2, 0) is 70.5 Å². The van der Waals surface area contributed by atoms with Gasteiger partial charge in [0, 0.05) is 55.0 Å². The molecule has 1 unspecified atom stereocenters. The van der Waals surface area contributed by atoms with Gasteiger partial charge in [-0.1, -0.05) is 26.3 Å². The number of hydrogen-bond donors (Lipinski definition) is 0. The first-order chi connectivity index (χ1) is 25.9. The Bertz CT molecular complexity index is 1250. The van der Waals surface area contributed by atoms with Gasteiger partial charge in [-0.3, -0.25) is 9.59 Å². The average molecular weight is 799 g/mol. The van der Waals surface area contributed by atoms with Gasteiger partial charge in [0.05, 0.1) is 32.5 Å². The molecule has 0 bridgehead atoms. The van der Waals surface area contributed by atoms with Crippen molar-refractivity contribution in [1.29, 1.82) is 0 Å². The highest BCUT2D eigenvalue weighted by Crippen LogP contribution is 2.36. The van der Waals surface area contributed by atoms with E-state index in [1.807, 2.05) is 20.8 Å². The van der Waals surface area contributed by atoms with Gasteiger partial charge in [0.2, 0.25) is 0 Å². The molecule has 0 aromatic carbocycles. The first kappa shape index (κ1) is 48.9. The second-order valence-corrected chi connectivity index (χ2v) is 15.9. The van der Waals surface area contributed by atoms with Crippen LogP contribution in [0.15, 0.2) is 48.6 Å². The molecule has 1 atom stereocenters. The topological polar surface area (TPSA) is 185 Å². The van der Waals surface area contributed by atoms with E-state index in [0.717, 1.165) is 0 Å². The molecule has 0 radical (unpaired) electrons. The van der Waals surface area contributed by atoms with Crippen LogP contribution in [0, 0.1) is 0 Å². The minimum absolute atomic E-state index is 0.131. The SMILES string of the molecule is C=C(C)C(=O)OCC(COC(=O)C(=C)C)OC(=O)CC[N+]1(CCC(=O)OC(COC(=O)C(=C)C)COC(=O)C(=C)C)CCCC1[Si](OCC)(OCC)OCC. The fourth-order valence-corrected chi connectivity index (χ4v) is 9.37. The zero-order valence-electron chi connectivity index (χ0n) is 33.5. The maximum atomic E-state index is 13.5. The van der Waals surface area contributed by atoms with E-state index in [4.69, 9.17) is 41.7 Å². The van der Waals surface area contributed by atoms with Gasteiger partial charge < -0.3 is 46.2 Å². The molecule has 1 saturated heterocycles. The molecule has 0 aromatic heterocycles. The fourth-order valence-electron chi connectivity index (χ4n) is 5.72. The van der Waals surface area contributed by atoms with E-state index >= 15 is 0 Å². The lowest BCUT2D eigenvalue weighted by Crippen LogP contribution is -2.69. The van der Waals surface area contributed by atoms with E-state index in [0.29, 0.717) is 39.2 Å². The second kappa shape index (κ2) is 24.4. The van der Waals surface area contributed by atoms with Gasteiger partial charge in [-0.2, -0.15) is 0 Å². The number of carbonyl (C=O) groups excluding carboxylic acids is 6. The van der Waals surface area contributed by atoms with E-state index in [9.17, 15) is 28.8 Å². The summed E-state index contributed by atoms with van der Waals surface area (Å²) in [7, 11) is -3.45. The highest BCUT2D eigenvalue weighted by Gasteiger charge is 2.62. The summed E-state index contributed by atoms with van der Waals surface area (Å²) in [5, 5.41) is 0. The van der Waals surface area contributed by atoms with Crippen LogP contribution < -0.4 is 0 Å². The molecule has 0 saturated carbocycles. The predicted octanol–water partition coefficient (Wildman–Crippen LogP) is 3.63. The van der Waals surface area contributed by atoms with Crippen LogP contribution in [0.4, 0.5) is 0 Å². The maximum absolute atomic E-state index is 13.5. The molecule has 0 aromatic rings. The molecule has 0 amide bonds. The van der Waals surface area contributed by atoms with Gasteiger partial charge >= 0.3 is 44.6 Å². The lowest BCUT2D eigenvalue weighted by Gasteiger charge is -2.45. The number of likely N-dealkylation sites (tertiary alicyclic amines) is 1. The smallest absolute Gasteiger partial charge is 0.458 e. The van der Waals surface area contributed by atoms with Crippen LogP contribution >= 0.6 is 0 Å². The van der Waals surface area contributed by atoms with Gasteiger partial charge in [-0.15, -0.1) is 0 Å². The third-order valence-electron chi connectivity index (χ3n) is 8.30. The van der Waals surface area contributed by atoms with Crippen LogP contribution in [0.5, 0.6) is 0 Å². The molecule has 1 rings (SSSR count). The first-order valence-corrected chi connectivity index (χ1v) is 20.1. The molecule has 16 nitrogen and oxygen atoms in total. The van der Waals surface area contributed by atoms with Crippen LogP contribution in [0.2, 0.25) is 0 Å². The highest BCUT2D eigenvalue weighted by atomic mass is 28.4. The Morgan fingerprint density at radius 1 is 0.582 bits per heavy atom. The van der Waals surface area contributed by atoms with Crippen molar-refractivity contribution in [2.75, 3.05) is 65.9 Å². The van der Waals surface area contributed by atoms with E-state index in [-0.39, 0.29) is 58.4 Å². The second-order valence-electron chi connectivity index (χ2n) is 13.2. The highest BCUT2D eigenvalue weighted by molar-refractivity contribution is 6.62. The molecule has 1 aliphatic rings. The predicted molar refractivity (Wildman–Crippen MR) is 201 cm³/mol. The quantitative estimate of drug-likeness (QED) is 0.0386. The van der Waals surface area contributed by atoms with Gasteiger partial charge in [0.25, 0.3) is 0 Å². The molecule has 310 valence electrons. The minimum Gasteiger partial charge on any atom is -0.458 e. The molecule has 0 N–H and O–H groups in total. The van der Waals surface area contributed by atoms with Crippen LogP contribution in [0.25, 0.3) is 0 Å².